The van der Waals surface area contributed by atoms with Gasteiger partial charge in [-0.15, -0.1) is 0 Å². The van der Waals surface area contributed by atoms with Gasteiger partial charge in [0.05, 0.1) is 0 Å². The van der Waals surface area contributed by atoms with Gasteiger partial charge in [0.25, 0.3) is 0 Å². The van der Waals surface area contributed by atoms with Crippen molar-refractivity contribution in [2.24, 2.45) is 5.73 Å². The molecule has 0 fully saturated rings. The number of hydrogen-bond acceptors (Lipinski definition) is 1. The number of nitrogens with two attached hydrogens (primary N) is 1. The Labute approximate surface area is 114 Å². The fraction of sp³-hybridized carbons (Fsp3) is 0.294. The summed E-state index contributed by atoms with van der Waals surface area (Å²) in [6.07, 6.45) is 1.64. The molecule has 0 spiro atoms. The number of benzene rings is 2. The first-order valence-corrected chi connectivity index (χ1v) is 6.64. The molecule has 1 unspecified atom stereocenters. The standard InChI is InChI=1S/C17H20FN/c1-3-13-7-9-15(10-8-13)17(2,19)12-14-5-4-6-16(18)11-14/h4-11H,3,12,19H2,1-2H3. The van der Waals surface area contributed by atoms with Crippen molar-refractivity contribution in [3.8, 4) is 0 Å². The molecule has 0 aliphatic heterocycles. The molecule has 0 radical (unpaired) electrons. The Bertz CT molecular complexity index is 543. The zero-order chi connectivity index (χ0) is 13.9. The van der Waals surface area contributed by atoms with E-state index in [1.54, 1.807) is 12.1 Å². The highest BCUT2D eigenvalue weighted by Crippen LogP contribution is 2.23. The van der Waals surface area contributed by atoms with Crippen LogP contribution in [-0.4, -0.2) is 0 Å². The van der Waals surface area contributed by atoms with Gasteiger partial charge in [0, 0.05) is 5.54 Å². The third-order valence-electron chi connectivity index (χ3n) is 3.48. The molecule has 0 heterocycles. The Morgan fingerprint density at radius 2 is 1.74 bits per heavy atom. The third-order valence-corrected chi connectivity index (χ3v) is 3.48. The summed E-state index contributed by atoms with van der Waals surface area (Å²) in [5, 5.41) is 0. The molecule has 0 saturated carbocycles. The number of halogens is 1. The highest BCUT2D eigenvalue weighted by atomic mass is 19.1. The van der Waals surface area contributed by atoms with Gasteiger partial charge < -0.3 is 5.73 Å². The highest BCUT2D eigenvalue weighted by Gasteiger charge is 2.21. The predicted octanol–water partition coefficient (Wildman–Crippen LogP) is 3.80. The van der Waals surface area contributed by atoms with E-state index in [2.05, 4.69) is 31.2 Å². The number of aryl methyl sites for hydroxylation is 1. The van der Waals surface area contributed by atoms with Crippen molar-refractivity contribution in [3.63, 3.8) is 0 Å². The quantitative estimate of drug-likeness (QED) is 0.885. The smallest absolute Gasteiger partial charge is 0.123 e. The van der Waals surface area contributed by atoms with Gasteiger partial charge in [-0.3, -0.25) is 0 Å². The maximum Gasteiger partial charge on any atom is 0.123 e. The van der Waals surface area contributed by atoms with E-state index in [9.17, 15) is 4.39 Å². The summed E-state index contributed by atoms with van der Waals surface area (Å²) in [6, 6.07) is 15.0. The van der Waals surface area contributed by atoms with E-state index < -0.39 is 5.54 Å². The molecule has 2 aromatic carbocycles. The summed E-state index contributed by atoms with van der Waals surface area (Å²) < 4.78 is 13.2. The molecule has 100 valence electrons. The second kappa shape index (κ2) is 5.54. The zero-order valence-corrected chi connectivity index (χ0v) is 11.5. The van der Waals surface area contributed by atoms with E-state index in [4.69, 9.17) is 5.73 Å². The summed E-state index contributed by atoms with van der Waals surface area (Å²) in [5.74, 6) is -0.213. The van der Waals surface area contributed by atoms with Crippen LogP contribution in [0.2, 0.25) is 0 Å². The maximum absolute atomic E-state index is 13.2. The summed E-state index contributed by atoms with van der Waals surface area (Å²) >= 11 is 0. The Hall–Kier alpha value is -1.67. The molecular weight excluding hydrogens is 237 g/mol. The van der Waals surface area contributed by atoms with E-state index in [1.807, 2.05) is 13.0 Å². The van der Waals surface area contributed by atoms with Gasteiger partial charge in [0.1, 0.15) is 5.82 Å². The van der Waals surface area contributed by atoms with Crippen molar-refractivity contribution in [1.29, 1.82) is 0 Å². The van der Waals surface area contributed by atoms with Crippen LogP contribution < -0.4 is 5.73 Å². The maximum atomic E-state index is 13.2. The fourth-order valence-corrected chi connectivity index (χ4v) is 2.29. The van der Waals surface area contributed by atoms with Crippen LogP contribution >= 0.6 is 0 Å². The minimum Gasteiger partial charge on any atom is -0.321 e. The lowest BCUT2D eigenvalue weighted by Crippen LogP contribution is -2.35. The minimum atomic E-state index is -0.486. The average Bonchev–Trinajstić information content (AvgIpc) is 2.38. The van der Waals surface area contributed by atoms with Crippen molar-refractivity contribution in [2.45, 2.75) is 32.2 Å². The molecule has 1 nitrogen and oxygen atoms in total. The van der Waals surface area contributed by atoms with Gasteiger partial charge in [-0.2, -0.15) is 0 Å². The Balaban J connectivity index is 2.21. The molecule has 2 rings (SSSR count). The van der Waals surface area contributed by atoms with Crippen LogP contribution in [0.3, 0.4) is 0 Å². The fourth-order valence-electron chi connectivity index (χ4n) is 2.29. The van der Waals surface area contributed by atoms with Gasteiger partial charge in [0.2, 0.25) is 0 Å². The van der Waals surface area contributed by atoms with Crippen LogP contribution in [0, 0.1) is 5.82 Å². The second-order valence-electron chi connectivity index (χ2n) is 5.27. The van der Waals surface area contributed by atoms with Crippen LogP contribution in [0.15, 0.2) is 48.5 Å². The summed E-state index contributed by atoms with van der Waals surface area (Å²) in [7, 11) is 0. The van der Waals surface area contributed by atoms with Crippen LogP contribution in [0.4, 0.5) is 4.39 Å². The molecule has 2 aromatic rings. The van der Waals surface area contributed by atoms with Gasteiger partial charge in [-0.05, 0) is 48.6 Å². The molecule has 2 heteroatoms. The van der Waals surface area contributed by atoms with Gasteiger partial charge >= 0.3 is 0 Å². The SMILES string of the molecule is CCc1ccc(C(C)(N)Cc2cccc(F)c2)cc1. The molecule has 2 N–H and O–H groups in total. The van der Waals surface area contributed by atoms with E-state index in [0.29, 0.717) is 6.42 Å². The lowest BCUT2D eigenvalue weighted by molar-refractivity contribution is 0.489. The first-order chi connectivity index (χ1) is 9.01. The highest BCUT2D eigenvalue weighted by molar-refractivity contribution is 5.30. The van der Waals surface area contributed by atoms with Crippen molar-refractivity contribution < 1.29 is 4.39 Å². The molecule has 19 heavy (non-hydrogen) atoms. The largest absolute Gasteiger partial charge is 0.321 e. The third kappa shape index (κ3) is 3.42. The van der Waals surface area contributed by atoms with E-state index in [1.165, 1.54) is 11.6 Å². The molecule has 0 aromatic heterocycles. The van der Waals surface area contributed by atoms with Crippen molar-refractivity contribution in [3.05, 3.63) is 71.0 Å². The van der Waals surface area contributed by atoms with Gasteiger partial charge in [0.15, 0.2) is 0 Å². The van der Waals surface area contributed by atoms with Crippen LogP contribution in [-0.2, 0) is 18.4 Å². The summed E-state index contributed by atoms with van der Waals surface area (Å²) in [5.41, 5.74) is 9.20. The first kappa shape index (κ1) is 13.8. The molecular formula is C17H20FN. The Morgan fingerprint density at radius 1 is 1.05 bits per heavy atom. The van der Waals surface area contributed by atoms with Crippen molar-refractivity contribution in [1.82, 2.24) is 0 Å². The van der Waals surface area contributed by atoms with E-state index in [-0.39, 0.29) is 5.82 Å². The van der Waals surface area contributed by atoms with Gasteiger partial charge in [-0.25, -0.2) is 4.39 Å². The average molecular weight is 257 g/mol. The zero-order valence-electron chi connectivity index (χ0n) is 11.5. The Kier molecular flexibility index (Phi) is 4.01. The van der Waals surface area contributed by atoms with E-state index in [0.717, 1.165) is 17.5 Å². The number of hydrogen-bond donors (Lipinski definition) is 1. The summed E-state index contributed by atoms with van der Waals surface area (Å²) in [4.78, 5) is 0. The van der Waals surface area contributed by atoms with Crippen LogP contribution in [0.1, 0.15) is 30.5 Å². The lowest BCUT2D eigenvalue weighted by Gasteiger charge is -2.25. The molecule has 0 aliphatic carbocycles. The molecule has 0 bridgehead atoms. The topological polar surface area (TPSA) is 26.0 Å². The monoisotopic (exact) mass is 257 g/mol. The lowest BCUT2D eigenvalue weighted by atomic mass is 9.86. The number of rotatable bonds is 4. The molecule has 0 saturated heterocycles. The summed E-state index contributed by atoms with van der Waals surface area (Å²) in [6.45, 7) is 4.11. The second-order valence-corrected chi connectivity index (χ2v) is 5.27. The molecule has 0 aliphatic rings. The van der Waals surface area contributed by atoms with E-state index >= 15 is 0 Å². The van der Waals surface area contributed by atoms with Crippen molar-refractivity contribution in [2.75, 3.05) is 0 Å². The van der Waals surface area contributed by atoms with Crippen LogP contribution in [0.5, 0.6) is 0 Å². The molecule has 1 atom stereocenters. The predicted molar refractivity (Wildman–Crippen MR) is 77.5 cm³/mol. The molecule has 0 amide bonds. The van der Waals surface area contributed by atoms with Crippen LogP contribution in [0.25, 0.3) is 0 Å². The Morgan fingerprint density at radius 3 is 2.32 bits per heavy atom. The minimum absolute atomic E-state index is 0.213. The normalized spacial score (nSPS) is 14.1. The van der Waals surface area contributed by atoms with Crippen molar-refractivity contribution >= 4 is 0 Å². The van der Waals surface area contributed by atoms with Gasteiger partial charge in [-0.1, -0.05) is 43.3 Å². The first-order valence-electron chi connectivity index (χ1n) is 6.64.